The molecule has 0 aliphatic carbocycles. The third-order valence-corrected chi connectivity index (χ3v) is 4.50. The van der Waals surface area contributed by atoms with Crippen LogP contribution in [-0.4, -0.2) is 24.5 Å². The Labute approximate surface area is 139 Å². The number of rotatable bonds is 3. The maximum Gasteiger partial charge on any atom is 0.319 e. The highest BCUT2D eigenvalue weighted by molar-refractivity contribution is 7.08. The van der Waals surface area contributed by atoms with Gasteiger partial charge >= 0.3 is 6.03 Å². The fourth-order valence-corrected chi connectivity index (χ4v) is 3.27. The Bertz CT molecular complexity index is 685. The monoisotopic (exact) mass is 329 g/mol. The summed E-state index contributed by atoms with van der Waals surface area (Å²) >= 11 is 1.64. The molecule has 1 unspecified atom stereocenters. The average Bonchev–Trinajstić information content (AvgIpc) is 3.01. The number of thiophene rings is 1. The van der Waals surface area contributed by atoms with Crippen LogP contribution >= 0.6 is 11.3 Å². The van der Waals surface area contributed by atoms with E-state index < -0.39 is 6.04 Å². The summed E-state index contributed by atoms with van der Waals surface area (Å²) in [6.45, 7) is 0.682. The summed E-state index contributed by atoms with van der Waals surface area (Å²) in [6, 6.07) is 8.90. The molecule has 2 aromatic rings. The molecule has 2 heterocycles. The second kappa shape index (κ2) is 7.28. The first-order chi connectivity index (χ1) is 11.2. The largest absolute Gasteiger partial charge is 0.354 e. The van der Waals surface area contributed by atoms with Gasteiger partial charge in [0.15, 0.2) is 0 Å². The maximum absolute atomic E-state index is 12.1. The van der Waals surface area contributed by atoms with Crippen LogP contribution in [0.2, 0.25) is 0 Å². The Morgan fingerprint density at radius 2 is 2.13 bits per heavy atom. The zero-order valence-corrected chi connectivity index (χ0v) is 13.5. The van der Waals surface area contributed by atoms with Gasteiger partial charge in [-0.3, -0.25) is 4.79 Å². The van der Waals surface area contributed by atoms with Crippen molar-refractivity contribution in [2.75, 3.05) is 11.9 Å². The van der Waals surface area contributed by atoms with Crippen LogP contribution in [0.4, 0.5) is 10.5 Å². The Balaban J connectivity index is 1.63. The van der Waals surface area contributed by atoms with Crippen molar-refractivity contribution in [2.24, 2.45) is 0 Å². The molecule has 3 N–H and O–H groups in total. The molecule has 1 aromatic heterocycles. The van der Waals surface area contributed by atoms with E-state index in [1.807, 2.05) is 35.7 Å². The van der Waals surface area contributed by atoms with Crippen molar-refractivity contribution in [1.82, 2.24) is 10.6 Å². The molecule has 6 heteroatoms. The lowest BCUT2D eigenvalue weighted by Gasteiger charge is -2.16. The molecule has 1 aliphatic heterocycles. The molecule has 1 atom stereocenters. The molecule has 5 nitrogen and oxygen atoms in total. The SMILES string of the molecule is O=C(Nc1cccc(-c2ccsc2)c1)NC1CCCCNC1=O. The smallest absolute Gasteiger partial charge is 0.319 e. The molecular formula is C17H19N3O2S. The van der Waals surface area contributed by atoms with Gasteiger partial charge in [-0.15, -0.1) is 0 Å². The highest BCUT2D eigenvalue weighted by atomic mass is 32.1. The van der Waals surface area contributed by atoms with Crippen LogP contribution in [0.3, 0.4) is 0 Å². The van der Waals surface area contributed by atoms with Crippen LogP contribution in [-0.2, 0) is 4.79 Å². The van der Waals surface area contributed by atoms with Gasteiger partial charge in [-0.25, -0.2) is 4.79 Å². The predicted molar refractivity (Wildman–Crippen MR) is 92.6 cm³/mol. The van der Waals surface area contributed by atoms with E-state index in [0.717, 1.165) is 24.0 Å². The molecule has 0 spiro atoms. The number of urea groups is 1. The normalized spacial score (nSPS) is 17.9. The number of nitrogens with one attached hydrogen (secondary N) is 3. The van der Waals surface area contributed by atoms with Crippen molar-refractivity contribution in [3.05, 3.63) is 41.1 Å². The molecule has 3 rings (SSSR count). The van der Waals surface area contributed by atoms with Gasteiger partial charge in [-0.2, -0.15) is 11.3 Å². The highest BCUT2D eigenvalue weighted by Gasteiger charge is 2.22. The predicted octanol–water partition coefficient (Wildman–Crippen LogP) is 3.21. The minimum absolute atomic E-state index is 0.107. The summed E-state index contributed by atoms with van der Waals surface area (Å²) in [5.74, 6) is -0.107. The molecule has 1 saturated heterocycles. The third kappa shape index (κ3) is 4.10. The van der Waals surface area contributed by atoms with Gasteiger partial charge in [0.05, 0.1) is 0 Å². The van der Waals surface area contributed by atoms with E-state index in [0.29, 0.717) is 18.7 Å². The van der Waals surface area contributed by atoms with Gasteiger partial charge in [0.25, 0.3) is 0 Å². The van der Waals surface area contributed by atoms with Gasteiger partial charge < -0.3 is 16.0 Å². The average molecular weight is 329 g/mol. The van der Waals surface area contributed by atoms with Crippen LogP contribution in [0.1, 0.15) is 19.3 Å². The summed E-state index contributed by atoms with van der Waals surface area (Å²) in [7, 11) is 0. The van der Waals surface area contributed by atoms with Crippen LogP contribution in [0.15, 0.2) is 41.1 Å². The molecule has 0 radical (unpaired) electrons. The molecule has 120 valence electrons. The first-order valence-electron chi connectivity index (χ1n) is 7.70. The second-order valence-electron chi connectivity index (χ2n) is 5.53. The van der Waals surface area contributed by atoms with E-state index in [4.69, 9.17) is 0 Å². The minimum atomic E-state index is -0.461. The van der Waals surface area contributed by atoms with Crippen molar-refractivity contribution in [3.63, 3.8) is 0 Å². The topological polar surface area (TPSA) is 70.2 Å². The van der Waals surface area contributed by atoms with Gasteiger partial charge in [-0.1, -0.05) is 12.1 Å². The van der Waals surface area contributed by atoms with Crippen molar-refractivity contribution in [3.8, 4) is 11.1 Å². The van der Waals surface area contributed by atoms with E-state index in [9.17, 15) is 9.59 Å². The van der Waals surface area contributed by atoms with Gasteiger partial charge in [-0.05, 0) is 59.3 Å². The van der Waals surface area contributed by atoms with Crippen LogP contribution in [0.5, 0.6) is 0 Å². The lowest BCUT2D eigenvalue weighted by Crippen LogP contribution is -2.47. The number of hydrogen-bond donors (Lipinski definition) is 3. The standard InChI is InChI=1S/C17H19N3O2S/c21-16-15(6-1-2-8-18-16)20-17(22)19-14-5-3-4-12(10-14)13-7-9-23-11-13/h3-5,7,9-11,15H,1-2,6,8H2,(H,18,21)(H2,19,20,22). The van der Waals surface area contributed by atoms with E-state index in [1.165, 1.54) is 0 Å². The van der Waals surface area contributed by atoms with E-state index in [1.54, 1.807) is 11.3 Å². The Morgan fingerprint density at radius 1 is 1.22 bits per heavy atom. The fraction of sp³-hybridized carbons (Fsp3) is 0.294. The molecular weight excluding hydrogens is 310 g/mol. The Kier molecular flexibility index (Phi) is 4.92. The molecule has 3 amide bonds. The number of amides is 3. The van der Waals surface area contributed by atoms with Gasteiger partial charge in [0.2, 0.25) is 5.91 Å². The molecule has 1 aromatic carbocycles. The van der Waals surface area contributed by atoms with Gasteiger partial charge in [0.1, 0.15) is 6.04 Å². The van der Waals surface area contributed by atoms with E-state index in [-0.39, 0.29) is 11.9 Å². The summed E-state index contributed by atoms with van der Waals surface area (Å²) in [5, 5.41) is 12.5. The molecule has 23 heavy (non-hydrogen) atoms. The highest BCUT2D eigenvalue weighted by Crippen LogP contribution is 2.24. The van der Waals surface area contributed by atoms with Crippen molar-refractivity contribution < 1.29 is 9.59 Å². The summed E-state index contributed by atoms with van der Waals surface area (Å²) in [6.07, 6.45) is 2.56. The number of benzene rings is 1. The fourth-order valence-electron chi connectivity index (χ4n) is 2.61. The molecule has 1 fully saturated rings. The molecule has 0 saturated carbocycles. The zero-order chi connectivity index (χ0) is 16.1. The van der Waals surface area contributed by atoms with Crippen molar-refractivity contribution in [1.29, 1.82) is 0 Å². The number of anilines is 1. The Hall–Kier alpha value is -2.34. The third-order valence-electron chi connectivity index (χ3n) is 3.82. The van der Waals surface area contributed by atoms with E-state index in [2.05, 4.69) is 21.3 Å². The summed E-state index contributed by atoms with van der Waals surface area (Å²) < 4.78 is 0. The first kappa shape index (κ1) is 15.6. The molecule has 1 aliphatic rings. The lowest BCUT2D eigenvalue weighted by atomic mass is 10.1. The maximum atomic E-state index is 12.1. The van der Waals surface area contributed by atoms with Crippen LogP contribution < -0.4 is 16.0 Å². The van der Waals surface area contributed by atoms with Crippen molar-refractivity contribution >= 4 is 29.0 Å². The molecule has 0 bridgehead atoms. The Morgan fingerprint density at radius 3 is 2.96 bits per heavy atom. The minimum Gasteiger partial charge on any atom is -0.354 e. The lowest BCUT2D eigenvalue weighted by molar-refractivity contribution is -0.122. The number of carbonyl (C=O) groups excluding carboxylic acids is 2. The van der Waals surface area contributed by atoms with Crippen molar-refractivity contribution in [2.45, 2.75) is 25.3 Å². The zero-order valence-electron chi connectivity index (χ0n) is 12.7. The number of hydrogen-bond acceptors (Lipinski definition) is 3. The summed E-state index contributed by atoms with van der Waals surface area (Å²) in [5.41, 5.74) is 2.89. The van der Waals surface area contributed by atoms with Crippen LogP contribution in [0, 0.1) is 0 Å². The number of carbonyl (C=O) groups is 2. The van der Waals surface area contributed by atoms with Gasteiger partial charge in [0, 0.05) is 12.2 Å². The first-order valence-corrected chi connectivity index (χ1v) is 8.64. The summed E-state index contributed by atoms with van der Waals surface area (Å²) in [4.78, 5) is 24.0. The quantitative estimate of drug-likeness (QED) is 0.809. The second-order valence-corrected chi connectivity index (χ2v) is 6.31. The van der Waals surface area contributed by atoms with E-state index >= 15 is 0 Å². The van der Waals surface area contributed by atoms with Crippen LogP contribution in [0.25, 0.3) is 11.1 Å².